The normalized spacial score (nSPS) is 17.5. The molecule has 2 aliphatic rings. The number of ether oxygens (including phenoxy) is 1. The Morgan fingerprint density at radius 2 is 1.76 bits per heavy atom. The van der Waals surface area contributed by atoms with E-state index in [1.807, 2.05) is 37.3 Å². The minimum absolute atomic E-state index is 0.0423. The number of nitro groups is 1. The molecule has 5 rings (SSSR count). The second-order valence-electron chi connectivity index (χ2n) is 9.31. The molecule has 1 saturated heterocycles. The maximum Gasteiger partial charge on any atom is 0.316 e. The van der Waals surface area contributed by atoms with Crippen molar-refractivity contribution >= 4 is 35.1 Å². The highest BCUT2D eigenvalue weighted by Gasteiger charge is 2.42. The van der Waals surface area contributed by atoms with E-state index in [0.717, 1.165) is 10.5 Å². The van der Waals surface area contributed by atoms with Crippen molar-refractivity contribution in [1.29, 1.82) is 0 Å². The van der Waals surface area contributed by atoms with Gasteiger partial charge in [-0.15, -0.1) is 0 Å². The van der Waals surface area contributed by atoms with Crippen LogP contribution >= 0.6 is 0 Å². The summed E-state index contributed by atoms with van der Waals surface area (Å²) in [4.78, 5) is 64.7. The fourth-order valence-electron chi connectivity index (χ4n) is 4.96. The number of aryl methyl sites for hydroxylation is 1. The number of esters is 1. The number of benzene rings is 3. The Hall–Kier alpha value is -4.86. The van der Waals surface area contributed by atoms with Crippen molar-refractivity contribution in [1.82, 2.24) is 4.90 Å². The van der Waals surface area contributed by atoms with Crippen LogP contribution in [0.15, 0.2) is 66.7 Å². The second-order valence-corrected chi connectivity index (χ2v) is 9.31. The van der Waals surface area contributed by atoms with Crippen LogP contribution < -0.4 is 9.64 Å². The Morgan fingerprint density at radius 1 is 1.03 bits per heavy atom. The smallest absolute Gasteiger partial charge is 0.316 e. The lowest BCUT2D eigenvalue weighted by Gasteiger charge is -2.25. The summed E-state index contributed by atoms with van der Waals surface area (Å²) in [5.41, 5.74) is 0.920. The monoisotopic (exact) mass is 513 g/mol. The van der Waals surface area contributed by atoms with Crippen LogP contribution in [0.4, 0.5) is 11.4 Å². The molecule has 3 amide bonds. The number of nitro benzene ring substituents is 1. The first kappa shape index (κ1) is 24.8. The third-order valence-corrected chi connectivity index (χ3v) is 6.96. The van der Waals surface area contributed by atoms with Crippen molar-refractivity contribution < 1.29 is 28.8 Å². The van der Waals surface area contributed by atoms with Gasteiger partial charge in [0.2, 0.25) is 5.91 Å². The highest BCUT2D eigenvalue weighted by Crippen LogP contribution is 2.36. The van der Waals surface area contributed by atoms with Gasteiger partial charge in [-0.3, -0.25) is 29.3 Å². The summed E-state index contributed by atoms with van der Waals surface area (Å²) in [6.07, 6.45) is 0.0426. The van der Waals surface area contributed by atoms with Gasteiger partial charge in [-0.2, -0.15) is 0 Å². The third kappa shape index (κ3) is 4.19. The first-order valence-electron chi connectivity index (χ1n) is 12.0. The number of fused-ring (bicyclic) bond motifs is 1. The van der Waals surface area contributed by atoms with E-state index >= 15 is 0 Å². The predicted molar refractivity (Wildman–Crippen MR) is 136 cm³/mol. The lowest BCUT2D eigenvalue weighted by Crippen LogP contribution is -2.30. The zero-order valence-electron chi connectivity index (χ0n) is 20.6. The lowest BCUT2D eigenvalue weighted by atomic mass is 10.1. The fraction of sp³-hybridized carbons (Fsp3) is 0.214. The summed E-state index contributed by atoms with van der Waals surface area (Å²) < 4.78 is 5.55. The average Bonchev–Trinajstić information content (AvgIpc) is 3.41. The lowest BCUT2D eigenvalue weighted by molar-refractivity contribution is -0.385. The molecule has 3 aromatic rings. The summed E-state index contributed by atoms with van der Waals surface area (Å²) in [5.74, 6) is -2.58. The van der Waals surface area contributed by atoms with Gasteiger partial charge in [0.25, 0.3) is 17.5 Å². The van der Waals surface area contributed by atoms with E-state index in [9.17, 15) is 29.3 Å². The topological polar surface area (TPSA) is 127 Å². The zero-order valence-corrected chi connectivity index (χ0v) is 20.6. The van der Waals surface area contributed by atoms with Crippen molar-refractivity contribution in [3.05, 3.63) is 99.1 Å². The molecule has 0 aromatic heterocycles. The van der Waals surface area contributed by atoms with Gasteiger partial charge in [-0.25, -0.2) is 4.90 Å². The molecule has 10 heteroatoms. The van der Waals surface area contributed by atoms with Gasteiger partial charge < -0.3 is 9.64 Å². The second kappa shape index (κ2) is 9.55. The fourth-order valence-corrected chi connectivity index (χ4v) is 4.96. The van der Waals surface area contributed by atoms with Gasteiger partial charge in [0.05, 0.1) is 28.1 Å². The molecular formula is C28H23N3O7. The molecule has 0 spiro atoms. The summed E-state index contributed by atoms with van der Waals surface area (Å²) in [5, 5.41) is 11.4. The van der Waals surface area contributed by atoms with Crippen molar-refractivity contribution in [3.63, 3.8) is 0 Å². The number of hydrogen-bond acceptors (Lipinski definition) is 7. The summed E-state index contributed by atoms with van der Waals surface area (Å²) >= 11 is 0. The molecule has 38 heavy (non-hydrogen) atoms. The van der Waals surface area contributed by atoms with E-state index in [2.05, 4.69) is 0 Å². The van der Waals surface area contributed by atoms with Crippen LogP contribution in [0.1, 0.15) is 51.2 Å². The molecule has 0 unspecified atom stereocenters. The van der Waals surface area contributed by atoms with Crippen LogP contribution in [0.25, 0.3) is 0 Å². The van der Waals surface area contributed by atoms with Gasteiger partial charge in [0, 0.05) is 19.0 Å². The molecule has 0 N–H and O–H groups in total. The first-order chi connectivity index (χ1) is 18.2. The number of carbonyl (C=O) groups is 4. The summed E-state index contributed by atoms with van der Waals surface area (Å²) in [6.45, 7) is 3.78. The first-order valence-corrected chi connectivity index (χ1v) is 12.0. The van der Waals surface area contributed by atoms with E-state index in [1.165, 1.54) is 36.4 Å². The molecule has 3 aromatic carbocycles. The average molecular weight is 514 g/mol. The number of likely N-dealkylation sites (tertiary alicyclic amines) is 1. The highest BCUT2D eigenvalue weighted by molar-refractivity contribution is 6.35. The van der Waals surface area contributed by atoms with Crippen molar-refractivity contribution in [2.24, 2.45) is 5.92 Å². The number of rotatable bonds is 6. The highest BCUT2D eigenvalue weighted by atomic mass is 16.6. The van der Waals surface area contributed by atoms with Crippen LogP contribution in [0.3, 0.4) is 0 Å². The summed E-state index contributed by atoms with van der Waals surface area (Å²) in [6, 6.07) is 17.7. The van der Waals surface area contributed by atoms with Gasteiger partial charge in [0.15, 0.2) is 0 Å². The molecule has 2 aliphatic heterocycles. The van der Waals surface area contributed by atoms with Crippen LogP contribution in [0.5, 0.6) is 5.75 Å². The van der Waals surface area contributed by atoms with Gasteiger partial charge in [-0.1, -0.05) is 36.4 Å². The molecule has 10 nitrogen and oxygen atoms in total. The summed E-state index contributed by atoms with van der Waals surface area (Å²) in [7, 11) is 0. The Bertz CT molecular complexity index is 1500. The van der Waals surface area contributed by atoms with Crippen LogP contribution in [-0.2, 0) is 9.59 Å². The van der Waals surface area contributed by atoms with Gasteiger partial charge >= 0.3 is 5.97 Å². The van der Waals surface area contributed by atoms with E-state index < -0.39 is 34.3 Å². The molecule has 0 bridgehead atoms. The van der Waals surface area contributed by atoms with E-state index in [1.54, 1.807) is 11.8 Å². The van der Waals surface area contributed by atoms with E-state index in [-0.39, 0.29) is 47.5 Å². The Morgan fingerprint density at radius 3 is 2.45 bits per heavy atom. The van der Waals surface area contributed by atoms with Gasteiger partial charge in [0.1, 0.15) is 11.3 Å². The maximum atomic E-state index is 13.0. The molecule has 0 aliphatic carbocycles. The molecule has 2 atom stereocenters. The van der Waals surface area contributed by atoms with Crippen molar-refractivity contribution in [3.8, 4) is 5.75 Å². The van der Waals surface area contributed by atoms with Crippen LogP contribution in [-0.4, -0.2) is 40.1 Å². The standard InChI is InChI=1S/C28H23N3O7/c1-16-13-20(38-28(35)19-14-24(32)29(15-19)17(2)18-7-4-3-5-8-18)11-12-22(16)30-26(33)21-9-6-10-23(31(36)37)25(21)27(30)34/h3-13,17,19H,14-15H2,1-2H3/t17-,19+/m0/s1. The number of carbonyl (C=O) groups excluding carboxylic acids is 4. The molecular weight excluding hydrogens is 490 g/mol. The number of imide groups is 1. The minimum atomic E-state index is -0.790. The molecule has 2 heterocycles. The zero-order chi connectivity index (χ0) is 27.1. The van der Waals surface area contributed by atoms with Crippen LogP contribution in [0, 0.1) is 23.0 Å². The molecule has 0 saturated carbocycles. The predicted octanol–water partition coefficient (Wildman–Crippen LogP) is 4.22. The Labute approximate surface area is 217 Å². The maximum absolute atomic E-state index is 13.0. The van der Waals surface area contributed by atoms with Gasteiger partial charge in [-0.05, 0) is 49.2 Å². The van der Waals surface area contributed by atoms with Crippen molar-refractivity contribution in [2.75, 3.05) is 11.4 Å². The third-order valence-electron chi connectivity index (χ3n) is 6.96. The van der Waals surface area contributed by atoms with Crippen LogP contribution in [0.2, 0.25) is 0 Å². The van der Waals surface area contributed by atoms with E-state index in [4.69, 9.17) is 4.74 Å². The molecule has 1 fully saturated rings. The number of nitrogens with zero attached hydrogens (tertiary/aromatic N) is 3. The quantitative estimate of drug-likeness (QED) is 0.159. The minimum Gasteiger partial charge on any atom is -0.426 e. The number of anilines is 1. The largest absolute Gasteiger partial charge is 0.426 e. The van der Waals surface area contributed by atoms with E-state index in [0.29, 0.717) is 5.56 Å². The molecule has 0 radical (unpaired) electrons. The Balaban J connectivity index is 1.31. The number of hydrogen-bond donors (Lipinski definition) is 0. The Kier molecular flexibility index (Phi) is 6.23. The SMILES string of the molecule is Cc1cc(OC(=O)[C@@H]2CC(=O)N([C@@H](C)c3ccccc3)C2)ccc1N1C(=O)c2cccc([N+](=O)[O-])c2C1=O. The van der Waals surface area contributed by atoms with Crippen molar-refractivity contribution in [2.45, 2.75) is 26.3 Å². The molecule has 192 valence electrons. The number of amides is 3.